The molecule has 2 aromatic rings. The van der Waals surface area contributed by atoms with Crippen LogP contribution in [0.5, 0.6) is 0 Å². The van der Waals surface area contributed by atoms with E-state index in [2.05, 4.69) is 4.98 Å². The summed E-state index contributed by atoms with van der Waals surface area (Å²) in [4.78, 5) is 3.75. The van der Waals surface area contributed by atoms with E-state index in [0.29, 0.717) is 10.6 Å². The number of hydrogen-bond acceptors (Lipinski definition) is 3. The van der Waals surface area contributed by atoms with Crippen LogP contribution in [-0.4, -0.2) is 4.98 Å². The van der Waals surface area contributed by atoms with Gasteiger partial charge in [0.1, 0.15) is 5.01 Å². The highest BCUT2D eigenvalue weighted by Gasteiger charge is 2.37. The first kappa shape index (κ1) is 13.0. The molecule has 0 aliphatic carbocycles. The molecule has 0 saturated carbocycles. The molecule has 0 fully saturated rings. The van der Waals surface area contributed by atoms with E-state index in [-0.39, 0.29) is 11.4 Å². The molecular formula is C12H11F3N2S. The van der Waals surface area contributed by atoms with E-state index in [0.717, 1.165) is 16.9 Å². The minimum Gasteiger partial charge on any atom is -0.326 e. The molecule has 2 nitrogen and oxygen atoms in total. The predicted octanol–water partition coefficient (Wildman–Crippen LogP) is 3.60. The van der Waals surface area contributed by atoms with E-state index in [1.54, 1.807) is 18.2 Å². The van der Waals surface area contributed by atoms with Crippen molar-refractivity contribution in [2.24, 2.45) is 5.73 Å². The molecule has 2 N–H and O–H groups in total. The minimum atomic E-state index is -4.45. The van der Waals surface area contributed by atoms with E-state index < -0.39 is 11.9 Å². The normalized spacial score (nSPS) is 11.8. The average Bonchev–Trinajstić information content (AvgIpc) is 2.72. The van der Waals surface area contributed by atoms with Crippen molar-refractivity contribution in [1.82, 2.24) is 4.98 Å². The highest BCUT2D eigenvalue weighted by molar-refractivity contribution is 7.15. The Bertz CT molecular complexity index is 561. The van der Waals surface area contributed by atoms with Crippen LogP contribution in [0.1, 0.15) is 16.1 Å². The molecule has 2 rings (SSSR count). The lowest BCUT2D eigenvalue weighted by Crippen LogP contribution is -2.10. The van der Waals surface area contributed by atoms with Gasteiger partial charge in [-0.1, -0.05) is 23.8 Å². The van der Waals surface area contributed by atoms with Crippen LogP contribution in [0.3, 0.4) is 0 Å². The van der Waals surface area contributed by atoms with Crippen molar-refractivity contribution in [2.75, 3.05) is 0 Å². The van der Waals surface area contributed by atoms with Gasteiger partial charge in [0, 0.05) is 12.1 Å². The van der Waals surface area contributed by atoms with Gasteiger partial charge in [0.2, 0.25) is 0 Å². The van der Waals surface area contributed by atoms with Crippen LogP contribution in [0.25, 0.3) is 10.6 Å². The number of halogens is 3. The first-order chi connectivity index (χ1) is 8.41. The fourth-order valence-corrected chi connectivity index (χ4v) is 2.57. The number of nitrogens with two attached hydrogens (primary N) is 1. The highest BCUT2D eigenvalue weighted by atomic mass is 32.1. The number of alkyl halides is 3. The van der Waals surface area contributed by atoms with Crippen LogP contribution in [0.4, 0.5) is 13.2 Å². The number of nitrogens with zero attached hydrogens (tertiary/aromatic N) is 1. The standard InChI is InChI=1S/C12H11F3N2S/c1-7-3-2-4-8(5-7)11-17-10(12(13,14)15)9(6-16)18-11/h2-5H,6,16H2,1H3. The molecule has 6 heteroatoms. The summed E-state index contributed by atoms with van der Waals surface area (Å²) in [6.07, 6.45) is -4.45. The van der Waals surface area contributed by atoms with Gasteiger partial charge in [-0.15, -0.1) is 11.3 Å². The molecule has 96 valence electrons. The summed E-state index contributed by atoms with van der Waals surface area (Å²) in [5.74, 6) is 0. The molecule has 0 aliphatic heterocycles. The Labute approximate surface area is 106 Å². The average molecular weight is 272 g/mol. The summed E-state index contributed by atoms with van der Waals surface area (Å²) in [5.41, 5.74) is 6.13. The zero-order valence-electron chi connectivity index (χ0n) is 9.58. The second kappa shape index (κ2) is 4.70. The third-order valence-electron chi connectivity index (χ3n) is 2.42. The second-order valence-corrected chi connectivity index (χ2v) is 4.95. The molecule has 1 aromatic carbocycles. The van der Waals surface area contributed by atoms with Crippen LogP contribution < -0.4 is 5.73 Å². The Morgan fingerprint density at radius 1 is 1.33 bits per heavy atom. The van der Waals surface area contributed by atoms with Gasteiger partial charge >= 0.3 is 6.18 Å². The maximum absolute atomic E-state index is 12.7. The van der Waals surface area contributed by atoms with Crippen molar-refractivity contribution in [1.29, 1.82) is 0 Å². The van der Waals surface area contributed by atoms with E-state index >= 15 is 0 Å². The molecule has 0 aliphatic rings. The largest absolute Gasteiger partial charge is 0.434 e. The summed E-state index contributed by atoms with van der Waals surface area (Å²) in [7, 11) is 0. The van der Waals surface area contributed by atoms with E-state index in [4.69, 9.17) is 5.73 Å². The first-order valence-electron chi connectivity index (χ1n) is 5.26. The Kier molecular flexibility index (Phi) is 3.41. The quantitative estimate of drug-likeness (QED) is 0.907. The highest BCUT2D eigenvalue weighted by Crippen LogP contribution is 2.37. The lowest BCUT2D eigenvalue weighted by Gasteiger charge is -2.03. The van der Waals surface area contributed by atoms with Crippen molar-refractivity contribution in [2.45, 2.75) is 19.6 Å². The number of benzene rings is 1. The number of hydrogen-bond donors (Lipinski definition) is 1. The molecule has 1 heterocycles. The lowest BCUT2D eigenvalue weighted by atomic mass is 10.1. The zero-order chi connectivity index (χ0) is 13.3. The van der Waals surface area contributed by atoms with Gasteiger partial charge in [-0.3, -0.25) is 0 Å². The number of aromatic nitrogens is 1. The molecular weight excluding hydrogens is 261 g/mol. The molecule has 1 aromatic heterocycles. The van der Waals surface area contributed by atoms with Crippen molar-refractivity contribution in [3.63, 3.8) is 0 Å². The fraction of sp³-hybridized carbons (Fsp3) is 0.250. The third-order valence-corrected chi connectivity index (χ3v) is 3.54. The molecule has 0 spiro atoms. The van der Waals surface area contributed by atoms with E-state index in [1.165, 1.54) is 0 Å². The summed E-state index contributed by atoms with van der Waals surface area (Å²) < 4.78 is 38.2. The van der Waals surface area contributed by atoms with Crippen molar-refractivity contribution in [3.05, 3.63) is 40.4 Å². The number of rotatable bonds is 2. The van der Waals surface area contributed by atoms with E-state index in [1.807, 2.05) is 13.0 Å². The van der Waals surface area contributed by atoms with Crippen LogP contribution in [-0.2, 0) is 12.7 Å². The van der Waals surface area contributed by atoms with Gasteiger partial charge < -0.3 is 5.73 Å². The molecule has 0 saturated heterocycles. The summed E-state index contributed by atoms with van der Waals surface area (Å²) in [5, 5.41) is 0.353. The summed E-state index contributed by atoms with van der Waals surface area (Å²) in [6, 6.07) is 7.22. The first-order valence-corrected chi connectivity index (χ1v) is 6.07. The Hall–Kier alpha value is -1.40. The Balaban J connectivity index is 2.51. The topological polar surface area (TPSA) is 38.9 Å². The third kappa shape index (κ3) is 2.54. The molecule has 0 atom stereocenters. The Morgan fingerprint density at radius 3 is 2.56 bits per heavy atom. The maximum atomic E-state index is 12.7. The predicted molar refractivity (Wildman–Crippen MR) is 65.2 cm³/mol. The fourth-order valence-electron chi connectivity index (χ4n) is 1.61. The second-order valence-electron chi connectivity index (χ2n) is 3.86. The van der Waals surface area contributed by atoms with Crippen molar-refractivity contribution < 1.29 is 13.2 Å². The van der Waals surface area contributed by atoms with Crippen LogP contribution >= 0.6 is 11.3 Å². The van der Waals surface area contributed by atoms with Crippen molar-refractivity contribution in [3.8, 4) is 10.6 Å². The minimum absolute atomic E-state index is 0.0685. The monoisotopic (exact) mass is 272 g/mol. The van der Waals surface area contributed by atoms with Crippen molar-refractivity contribution >= 4 is 11.3 Å². The van der Waals surface area contributed by atoms with Crippen LogP contribution in [0.15, 0.2) is 24.3 Å². The SMILES string of the molecule is Cc1cccc(-c2nc(C(F)(F)F)c(CN)s2)c1. The molecule has 0 unspecified atom stereocenters. The van der Waals surface area contributed by atoms with E-state index in [9.17, 15) is 13.2 Å². The van der Waals surface area contributed by atoms with Gasteiger partial charge in [-0.25, -0.2) is 4.98 Å². The smallest absolute Gasteiger partial charge is 0.326 e. The molecule has 0 amide bonds. The zero-order valence-corrected chi connectivity index (χ0v) is 10.4. The van der Waals surface area contributed by atoms with Gasteiger partial charge in [0.15, 0.2) is 5.69 Å². The lowest BCUT2D eigenvalue weighted by molar-refractivity contribution is -0.141. The molecule has 18 heavy (non-hydrogen) atoms. The molecule has 0 bridgehead atoms. The van der Waals surface area contributed by atoms with Crippen LogP contribution in [0.2, 0.25) is 0 Å². The van der Waals surface area contributed by atoms with Gasteiger partial charge in [-0.05, 0) is 13.0 Å². The molecule has 0 radical (unpaired) electrons. The van der Waals surface area contributed by atoms with Gasteiger partial charge in [0.25, 0.3) is 0 Å². The summed E-state index contributed by atoms with van der Waals surface area (Å²) in [6.45, 7) is 1.73. The van der Waals surface area contributed by atoms with Gasteiger partial charge in [-0.2, -0.15) is 13.2 Å². The Morgan fingerprint density at radius 2 is 2.06 bits per heavy atom. The maximum Gasteiger partial charge on any atom is 0.434 e. The van der Waals surface area contributed by atoms with Gasteiger partial charge in [0.05, 0.1) is 4.88 Å². The number of thiazole rings is 1. The number of aryl methyl sites for hydroxylation is 1. The van der Waals surface area contributed by atoms with Crippen LogP contribution in [0, 0.1) is 6.92 Å². The summed E-state index contributed by atoms with van der Waals surface area (Å²) >= 11 is 0.992.